The van der Waals surface area contributed by atoms with Crippen LogP contribution in [0, 0.1) is 6.92 Å². The average molecular weight is 162 g/mol. The van der Waals surface area contributed by atoms with E-state index in [1.165, 1.54) is 4.52 Å². The zero-order valence-corrected chi connectivity index (χ0v) is 6.43. The van der Waals surface area contributed by atoms with Gasteiger partial charge >= 0.3 is 0 Å². The lowest BCUT2D eigenvalue weighted by Gasteiger charge is -1.90. The van der Waals surface area contributed by atoms with Crippen molar-refractivity contribution in [2.45, 2.75) is 6.92 Å². The van der Waals surface area contributed by atoms with Crippen molar-refractivity contribution in [2.75, 3.05) is 0 Å². The molecule has 0 unspecified atom stereocenters. The lowest BCUT2D eigenvalue weighted by molar-refractivity contribution is 0.111. The fraction of sp³-hybridized carbons (Fsp3) is 0.143. The Bertz CT molecular complexity index is 434. The normalized spacial score (nSPS) is 10.4. The zero-order chi connectivity index (χ0) is 8.55. The number of nitrogens with zero attached hydrogens (tertiary/aromatic N) is 4. The van der Waals surface area contributed by atoms with Crippen LogP contribution in [0.5, 0.6) is 0 Å². The molecule has 0 saturated heterocycles. The van der Waals surface area contributed by atoms with E-state index < -0.39 is 0 Å². The molecular weight excluding hydrogens is 156 g/mol. The number of carbonyl (C=O) groups excluding carboxylic acids is 1. The van der Waals surface area contributed by atoms with Gasteiger partial charge in [-0.1, -0.05) is 0 Å². The van der Waals surface area contributed by atoms with Crippen molar-refractivity contribution in [3.63, 3.8) is 0 Å². The van der Waals surface area contributed by atoms with Gasteiger partial charge in [0.25, 0.3) is 5.78 Å². The Morgan fingerprint density at radius 1 is 1.58 bits per heavy atom. The summed E-state index contributed by atoms with van der Waals surface area (Å²) in [6, 6.07) is 0. The minimum absolute atomic E-state index is 0.348. The number of hydrogen-bond acceptors (Lipinski definition) is 4. The Morgan fingerprint density at radius 2 is 2.42 bits per heavy atom. The molecule has 0 N–H and O–H groups in total. The van der Waals surface area contributed by atoms with Crippen LogP contribution >= 0.6 is 0 Å². The summed E-state index contributed by atoms with van der Waals surface area (Å²) >= 11 is 0. The first-order chi connectivity index (χ1) is 5.79. The molecule has 0 fully saturated rings. The quantitative estimate of drug-likeness (QED) is 0.564. The van der Waals surface area contributed by atoms with Crippen LogP contribution in [0.15, 0.2) is 12.4 Å². The molecule has 0 spiro atoms. The predicted molar refractivity (Wildman–Crippen MR) is 40.9 cm³/mol. The summed E-state index contributed by atoms with van der Waals surface area (Å²) < 4.78 is 1.49. The van der Waals surface area contributed by atoms with E-state index in [0.717, 1.165) is 5.69 Å². The zero-order valence-electron chi connectivity index (χ0n) is 6.43. The van der Waals surface area contributed by atoms with E-state index >= 15 is 0 Å². The van der Waals surface area contributed by atoms with E-state index in [-0.39, 0.29) is 0 Å². The van der Waals surface area contributed by atoms with Crippen LogP contribution in [0.1, 0.15) is 16.2 Å². The Balaban J connectivity index is 2.75. The Kier molecular flexibility index (Phi) is 1.36. The molecule has 0 aliphatic heterocycles. The molecule has 5 nitrogen and oxygen atoms in total. The number of carbonyl (C=O) groups is 1. The van der Waals surface area contributed by atoms with Crippen LogP contribution in [-0.2, 0) is 0 Å². The average Bonchev–Trinajstić information content (AvgIpc) is 2.46. The van der Waals surface area contributed by atoms with Gasteiger partial charge in [-0.25, -0.2) is 14.5 Å². The summed E-state index contributed by atoms with van der Waals surface area (Å²) in [6.45, 7) is 1.83. The van der Waals surface area contributed by atoms with E-state index in [2.05, 4.69) is 15.1 Å². The van der Waals surface area contributed by atoms with Gasteiger partial charge in [-0.15, -0.1) is 0 Å². The molecule has 2 aromatic rings. The standard InChI is InChI=1S/C7H6N4O/c1-5-2-8-7-9-6(4-12)3-11(7)10-5/h2-4H,1H3. The highest BCUT2D eigenvalue weighted by Gasteiger charge is 2.01. The molecule has 0 saturated carbocycles. The van der Waals surface area contributed by atoms with Crippen LogP contribution in [0.25, 0.3) is 5.78 Å². The number of fused-ring (bicyclic) bond motifs is 1. The number of imidazole rings is 1. The van der Waals surface area contributed by atoms with Gasteiger partial charge in [0.15, 0.2) is 6.29 Å². The molecule has 0 aliphatic carbocycles. The summed E-state index contributed by atoms with van der Waals surface area (Å²) in [5.41, 5.74) is 1.14. The third-order valence-corrected chi connectivity index (χ3v) is 1.44. The predicted octanol–water partition coefficient (Wildman–Crippen LogP) is 0.245. The lowest BCUT2D eigenvalue weighted by atomic mass is 10.5. The van der Waals surface area contributed by atoms with E-state index in [1.807, 2.05) is 6.92 Å². The fourth-order valence-electron chi connectivity index (χ4n) is 0.944. The highest BCUT2D eigenvalue weighted by Crippen LogP contribution is 1.98. The van der Waals surface area contributed by atoms with Crippen LogP contribution in [0.2, 0.25) is 0 Å². The van der Waals surface area contributed by atoms with Crippen molar-refractivity contribution in [3.8, 4) is 0 Å². The highest BCUT2D eigenvalue weighted by molar-refractivity contribution is 5.72. The molecule has 0 atom stereocenters. The topological polar surface area (TPSA) is 60.2 Å². The van der Waals surface area contributed by atoms with Crippen molar-refractivity contribution >= 4 is 12.1 Å². The number of aryl methyl sites for hydroxylation is 1. The lowest BCUT2D eigenvalue weighted by Crippen LogP contribution is -1.94. The number of aromatic nitrogens is 4. The van der Waals surface area contributed by atoms with Gasteiger partial charge in [0.2, 0.25) is 0 Å². The molecule has 0 radical (unpaired) electrons. The Hall–Kier alpha value is -1.78. The molecule has 0 bridgehead atoms. The smallest absolute Gasteiger partial charge is 0.251 e. The maximum atomic E-state index is 10.3. The maximum Gasteiger partial charge on any atom is 0.251 e. The van der Waals surface area contributed by atoms with Gasteiger partial charge in [0.05, 0.1) is 18.1 Å². The van der Waals surface area contributed by atoms with Crippen molar-refractivity contribution < 1.29 is 4.79 Å². The SMILES string of the molecule is Cc1cnc2nc(C=O)cn2n1. The molecular formula is C7H6N4O. The summed E-state index contributed by atoms with van der Waals surface area (Å²) in [7, 11) is 0. The molecule has 2 aromatic heterocycles. The maximum absolute atomic E-state index is 10.3. The summed E-state index contributed by atoms with van der Waals surface area (Å²) in [5.74, 6) is 0.447. The van der Waals surface area contributed by atoms with Gasteiger partial charge in [0, 0.05) is 0 Å². The van der Waals surface area contributed by atoms with Crippen LogP contribution < -0.4 is 0 Å². The first kappa shape index (κ1) is 6.90. The molecule has 2 heterocycles. The van der Waals surface area contributed by atoms with Gasteiger partial charge in [-0.2, -0.15) is 5.10 Å². The second-order valence-electron chi connectivity index (χ2n) is 2.43. The van der Waals surface area contributed by atoms with E-state index in [4.69, 9.17) is 0 Å². The van der Waals surface area contributed by atoms with Gasteiger partial charge < -0.3 is 0 Å². The minimum Gasteiger partial charge on any atom is -0.296 e. The molecule has 0 aliphatic rings. The molecule has 5 heteroatoms. The number of aldehydes is 1. The Labute approximate surface area is 68.1 Å². The number of hydrogen-bond donors (Lipinski definition) is 0. The van der Waals surface area contributed by atoms with E-state index in [0.29, 0.717) is 17.8 Å². The molecule has 0 aromatic carbocycles. The summed E-state index contributed by atoms with van der Waals surface area (Å²) in [4.78, 5) is 18.2. The van der Waals surface area contributed by atoms with E-state index in [1.54, 1.807) is 12.4 Å². The highest BCUT2D eigenvalue weighted by atomic mass is 16.1. The molecule has 12 heavy (non-hydrogen) atoms. The number of rotatable bonds is 1. The van der Waals surface area contributed by atoms with Crippen molar-refractivity contribution in [2.24, 2.45) is 0 Å². The van der Waals surface area contributed by atoms with Crippen molar-refractivity contribution in [1.29, 1.82) is 0 Å². The van der Waals surface area contributed by atoms with Crippen LogP contribution in [0.4, 0.5) is 0 Å². The molecule has 60 valence electrons. The van der Waals surface area contributed by atoms with Gasteiger partial charge in [0.1, 0.15) is 5.69 Å². The Morgan fingerprint density at radius 3 is 3.17 bits per heavy atom. The second kappa shape index (κ2) is 2.37. The van der Waals surface area contributed by atoms with Crippen molar-refractivity contribution in [1.82, 2.24) is 19.6 Å². The summed E-state index contributed by atoms with van der Waals surface area (Å²) in [5, 5.41) is 4.08. The largest absolute Gasteiger partial charge is 0.296 e. The van der Waals surface area contributed by atoms with Crippen LogP contribution in [0.3, 0.4) is 0 Å². The first-order valence-electron chi connectivity index (χ1n) is 3.44. The van der Waals surface area contributed by atoms with Gasteiger partial charge in [-0.05, 0) is 6.92 Å². The third-order valence-electron chi connectivity index (χ3n) is 1.44. The van der Waals surface area contributed by atoms with Gasteiger partial charge in [-0.3, -0.25) is 4.79 Å². The fourth-order valence-corrected chi connectivity index (χ4v) is 0.944. The third kappa shape index (κ3) is 0.952. The van der Waals surface area contributed by atoms with E-state index in [9.17, 15) is 4.79 Å². The van der Waals surface area contributed by atoms with Crippen LogP contribution in [-0.4, -0.2) is 25.9 Å². The summed E-state index contributed by atoms with van der Waals surface area (Å²) in [6.07, 6.45) is 3.82. The molecule has 0 amide bonds. The minimum atomic E-state index is 0.348. The first-order valence-corrected chi connectivity index (χ1v) is 3.44. The molecule has 2 rings (SSSR count). The van der Waals surface area contributed by atoms with Crippen molar-refractivity contribution in [3.05, 3.63) is 23.8 Å². The monoisotopic (exact) mass is 162 g/mol. The second-order valence-corrected chi connectivity index (χ2v) is 2.43.